The molecular formula is C14H22N2O2. The van der Waals surface area contributed by atoms with Crippen molar-refractivity contribution >= 4 is 0 Å². The summed E-state index contributed by atoms with van der Waals surface area (Å²) in [6.45, 7) is 6.77. The van der Waals surface area contributed by atoms with Crippen LogP contribution in [0, 0.1) is 6.92 Å². The summed E-state index contributed by atoms with van der Waals surface area (Å²) in [7, 11) is 0. The second kappa shape index (κ2) is 6.71. The molecule has 1 aromatic rings. The molecule has 1 heterocycles. The zero-order valence-corrected chi connectivity index (χ0v) is 11.2. The van der Waals surface area contributed by atoms with Crippen molar-refractivity contribution in [3.63, 3.8) is 0 Å². The van der Waals surface area contributed by atoms with E-state index in [0.29, 0.717) is 19.1 Å². The predicted molar refractivity (Wildman–Crippen MR) is 70.8 cm³/mol. The molecule has 0 radical (unpaired) electrons. The van der Waals surface area contributed by atoms with Crippen LogP contribution in [0.4, 0.5) is 0 Å². The maximum Gasteiger partial charge on any atom is 0.213 e. The summed E-state index contributed by atoms with van der Waals surface area (Å²) in [5.74, 6) is 0.697. The molecule has 1 N–H and O–H groups in total. The molecule has 4 heteroatoms. The van der Waals surface area contributed by atoms with Gasteiger partial charge in [-0.2, -0.15) is 0 Å². The number of hydrogen-bond donors (Lipinski definition) is 1. The smallest absolute Gasteiger partial charge is 0.213 e. The van der Waals surface area contributed by atoms with Crippen LogP contribution in [0.15, 0.2) is 12.1 Å². The van der Waals surface area contributed by atoms with Crippen molar-refractivity contribution in [2.24, 2.45) is 0 Å². The van der Waals surface area contributed by atoms with Crippen molar-refractivity contribution < 1.29 is 9.47 Å². The maximum absolute atomic E-state index is 5.59. The third-order valence-electron chi connectivity index (χ3n) is 2.84. The molecule has 2 rings (SSSR count). The molecule has 1 aromatic heterocycles. The Morgan fingerprint density at radius 3 is 2.89 bits per heavy atom. The number of aryl methyl sites for hydroxylation is 1. The minimum atomic E-state index is 0.555. The van der Waals surface area contributed by atoms with Gasteiger partial charge >= 0.3 is 0 Å². The Morgan fingerprint density at radius 2 is 2.17 bits per heavy atom. The largest absolute Gasteiger partial charge is 0.475 e. The summed E-state index contributed by atoms with van der Waals surface area (Å²) < 4.78 is 10.8. The summed E-state index contributed by atoms with van der Waals surface area (Å²) in [4.78, 5) is 4.37. The first-order valence-corrected chi connectivity index (χ1v) is 6.69. The lowest BCUT2D eigenvalue weighted by molar-refractivity contribution is 0.108. The number of hydrogen-bond acceptors (Lipinski definition) is 4. The molecule has 0 atom stereocenters. The maximum atomic E-state index is 5.59. The topological polar surface area (TPSA) is 43.4 Å². The van der Waals surface area contributed by atoms with E-state index in [9.17, 15) is 0 Å². The molecular weight excluding hydrogens is 228 g/mol. The number of ether oxygens (including phenoxy) is 2. The monoisotopic (exact) mass is 250 g/mol. The fourth-order valence-electron chi connectivity index (χ4n) is 1.78. The van der Waals surface area contributed by atoms with Crippen LogP contribution in [0.3, 0.4) is 0 Å². The molecule has 1 aliphatic carbocycles. The Hall–Kier alpha value is -1.13. The highest BCUT2D eigenvalue weighted by Crippen LogP contribution is 2.20. The van der Waals surface area contributed by atoms with E-state index in [4.69, 9.17) is 9.47 Å². The SMILES string of the molecule is CCOCCOc1cc(CNC2CC2)cc(C)n1. The molecule has 0 amide bonds. The highest BCUT2D eigenvalue weighted by molar-refractivity contribution is 5.24. The molecule has 0 aliphatic heterocycles. The van der Waals surface area contributed by atoms with E-state index >= 15 is 0 Å². The fourth-order valence-corrected chi connectivity index (χ4v) is 1.78. The highest BCUT2D eigenvalue weighted by atomic mass is 16.5. The summed E-state index contributed by atoms with van der Waals surface area (Å²) in [5, 5.41) is 3.50. The van der Waals surface area contributed by atoms with Crippen LogP contribution in [-0.4, -0.2) is 30.8 Å². The van der Waals surface area contributed by atoms with Gasteiger partial charge in [0.25, 0.3) is 0 Å². The number of pyridine rings is 1. The van der Waals surface area contributed by atoms with Gasteiger partial charge in [-0.25, -0.2) is 4.98 Å². The lowest BCUT2D eigenvalue weighted by atomic mass is 10.2. The van der Waals surface area contributed by atoms with Crippen LogP contribution >= 0.6 is 0 Å². The van der Waals surface area contributed by atoms with Crippen LogP contribution in [0.2, 0.25) is 0 Å². The molecule has 1 fully saturated rings. The lowest BCUT2D eigenvalue weighted by Gasteiger charge is -2.09. The van der Waals surface area contributed by atoms with Crippen molar-refractivity contribution in [2.75, 3.05) is 19.8 Å². The number of nitrogens with one attached hydrogen (secondary N) is 1. The third kappa shape index (κ3) is 4.63. The Kier molecular flexibility index (Phi) is 4.96. The van der Waals surface area contributed by atoms with Gasteiger partial charge in [-0.1, -0.05) is 0 Å². The van der Waals surface area contributed by atoms with Gasteiger partial charge in [-0.15, -0.1) is 0 Å². The van der Waals surface area contributed by atoms with Crippen molar-refractivity contribution in [3.8, 4) is 5.88 Å². The molecule has 1 saturated carbocycles. The van der Waals surface area contributed by atoms with Crippen LogP contribution in [0.25, 0.3) is 0 Å². The van der Waals surface area contributed by atoms with Gasteiger partial charge in [0.05, 0.1) is 6.61 Å². The number of aromatic nitrogens is 1. The van der Waals surface area contributed by atoms with Crippen molar-refractivity contribution in [2.45, 2.75) is 39.3 Å². The van der Waals surface area contributed by atoms with E-state index in [1.165, 1.54) is 18.4 Å². The number of nitrogens with zero attached hydrogens (tertiary/aromatic N) is 1. The summed E-state index contributed by atoms with van der Waals surface area (Å²) in [5.41, 5.74) is 2.23. The van der Waals surface area contributed by atoms with Crippen molar-refractivity contribution in [1.29, 1.82) is 0 Å². The molecule has 1 aliphatic rings. The van der Waals surface area contributed by atoms with E-state index in [1.807, 2.05) is 19.9 Å². The molecule has 4 nitrogen and oxygen atoms in total. The van der Waals surface area contributed by atoms with Gasteiger partial charge in [0.1, 0.15) is 6.61 Å². The number of rotatable bonds is 8. The van der Waals surface area contributed by atoms with Crippen LogP contribution in [0.5, 0.6) is 5.88 Å². The van der Waals surface area contributed by atoms with Gasteiger partial charge in [0.2, 0.25) is 5.88 Å². The Bertz CT molecular complexity index is 378. The molecule has 18 heavy (non-hydrogen) atoms. The second-order valence-electron chi connectivity index (χ2n) is 4.66. The predicted octanol–water partition coefficient (Wildman–Crippen LogP) is 2.06. The van der Waals surface area contributed by atoms with Crippen LogP contribution in [0.1, 0.15) is 31.0 Å². The first-order valence-electron chi connectivity index (χ1n) is 6.69. The summed E-state index contributed by atoms with van der Waals surface area (Å²) >= 11 is 0. The average molecular weight is 250 g/mol. The first kappa shape index (κ1) is 13.3. The lowest BCUT2D eigenvalue weighted by Crippen LogP contribution is -2.16. The van der Waals surface area contributed by atoms with E-state index < -0.39 is 0 Å². The second-order valence-corrected chi connectivity index (χ2v) is 4.66. The minimum absolute atomic E-state index is 0.555. The van der Waals surface area contributed by atoms with Crippen LogP contribution < -0.4 is 10.1 Å². The van der Waals surface area contributed by atoms with Crippen molar-refractivity contribution in [1.82, 2.24) is 10.3 Å². The van der Waals surface area contributed by atoms with Gasteiger partial charge in [-0.3, -0.25) is 0 Å². The first-order chi connectivity index (χ1) is 8.78. The van der Waals surface area contributed by atoms with E-state index in [1.54, 1.807) is 0 Å². The molecule has 0 spiro atoms. The van der Waals surface area contributed by atoms with E-state index in [0.717, 1.165) is 24.9 Å². The molecule has 0 aromatic carbocycles. The average Bonchev–Trinajstić information content (AvgIpc) is 3.16. The van der Waals surface area contributed by atoms with Crippen molar-refractivity contribution in [3.05, 3.63) is 23.4 Å². The normalized spacial score (nSPS) is 14.8. The van der Waals surface area contributed by atoms with Gasteiger partial charge in [0, 0.05) is 31.0 Å². The molecule has 0 saturated heterocycles. The Morgan fingerprint density at radius 1 is 1.33 bits per heavy atom. The third-order valence-corrected chi connectivity index (χ3v) is 2.84. The van der Waals surface area contributed by atoms with Gasteiger partial charge in [-0.05, 0) is 38.3 Å². The Labute approximate surface area is 109 Å². The molecule has 0 unspecified atom stereocenters. The zero-order chi connectivity index (χ0) is 12.8. The fraction of sp³-hybridized carbons (Fsp3) is 0.643. The standard InChI is InChI=1S/C14H22N2O2/c1-3-17-6-7-18-14-9-12(8-11(2)16-14)10-15-13-4-5-13/h8-9,13,15H,3-7,10H2,1-2H3. The zero-order valence-electron chi connectivity index (χ0n) is 11.2. The molecule has 0 bridgehead atoms. The minimum Gasteiger partial charge on any atom is -0.475 e. The summed E-state index contributed by atoms with van der Waals surface area (Å²) in [6, 6.07) is 4.83. The highest BCUT2D eigenvalue weighted by Gasteiger charge is 2.20. The Balaban J connectivity index is 1.84. The quantitative estimate of drug-likeness (QED) is 0.717. The van der Waals surface area contributed by atoms with Gasteiger partial charge in [0.15, 0.2) is 0 Å². The van der Waals surface area contributed by atoms with Gasteiger partial charge < -0.3 is 14.8 Å². The molecule has 100 valence electrons. The van der Waals surface area contributed by atoms with Crippen LogP contribution in [-0.2, 0) is 11.3 Å². The summed E-state index contributed by atoms with van der Waals surface area (Å²) in [6.07, 6.45) is 2.61. The van der Waals surface area contributed by atoms with E-state index in [2.05, 4.69) is 16.4 Å². The van der Waals surface area contributed by atoms with E-state index in [-0.39, 0.29) is 0 Å².